The summed E-state index contributed by atoms with van der Waals surface area (Å²) in [4.78, 5) is 21.7. The second-order valence-electron chi connectivity index (χ2n) is 7.49. The van der Waals surface area contributed by atoms with Gasteiger partial charge in [0, 0.05) is 54.9 Å². The van der Waals surface area contributed by atoms with Crippen LogP contribution in [0.4, 0.5) is 11.4 Å². The molecule has 0 unspecified atom stereocenters. The summed E-state index contributed by atoms with van der Waals surface area (Å²) in [6.45, 7) is 4.18. The minimum atomic E-state index is -0.139. The Bertz CT molecular complexity index is 1010. The number of hydrogen-bond acceptors (Lipinski definition) is 5. The van der Waals surface area contributed by atoms with Gasteiger partial charge in [-0.15, -0.1) is 0 Å². The number of amides is 1. The minimum Gasteiger partial charge on any atom is -0.495 e. The van der Waals surface area contributed by atoms with E-state index in [0.717, 1.165) is 43.0 Å². The average molecular weight is 402 g/mol. The standard InChI is InChI=1S/C24H26N4O2/c1-27-10-12-28(13-11-27)22-8-6-21(7-9-22)26-24(29)19-5-3-4-18(14-19)20-15-23(30-2)17-25-16-20/h3-9,14-17H,10-13H2,1-2H3,(H,26,29). The molecule has 1 N–H and O–H groups in total. The molecule has 1 aromatic heterocycles. The first-order chi connectivity index (χ1) is 14.6. The van der Waals surface area contributed by atoms with Gasteiger partial charge in [0.1, 0.15) is 5.75 Å². The maximum atomic E-state index is 12.8. The predicted molar refractivity (Wildman–Crippen MR) is 120 cm³/mol. The summed E-state index contributed by atoms with van der Waals surface area (Å²) in [5, 5.41) is 2.99. The molecule has 0 radical (unpaired) electrons. The molecular weight excluding hydrogens is 376 g/mol. The maximum Gasteiger partial charge on any atom is 0.255 e. The van der Waals surface area contributed by atoms with Gasteiger partial charge in [0.05, 0.1) is 13.3 Å². The van der Waals surface area contributed by atoms with E-state index in [0.29, 0.717) is 11.3 Å². The zero-order chi connectivity index (χ0) is 20.9. The third-order valence-corrected chi connectivity index (χ3v) is 5.40. The Labute approximate surface area is 177 Å². The molecule has 3 aromatic rings. The normalized spacial score (nSPS) is 14.4. The molecule has 1 aliphatic rings. The van der Waals surface area contributed by atoms with Gasteiger partial charge in [0.25, 0.3) is 5.91 Å². The van der Waals surface area contributed by atoms with Crippen LogP contribution < -0.4 is 15.0 Å². The van der Waals surface area contributed by atoms with E-state index in [2.05, 4.69) is 39.3 Å². The van der Waals surface area contributed by atoms with Crippen molar-refractivity contribution in [3.05, 3.63) is 72.6 Å². The number of nitrogens with one attached hydrogen (secondary N) is 1. The van der Waals surface area contributed by atoms with Crippen LogP contribution in [-0.2, 0) is 0 Å². The van der Waals surface area contributed by atoms with Crippen LogP contribution in [0.3, 0.4) is 0 Å². The van der Waals surface area contributed by atoms with Gasteiger partial charge in [-0.1, -0.05) is 12.1 Å². The summed E-state index contributed by atoms with van der Waals surface area (Å²) in [7, 11) is 3.76. The lowest BCUT2D eigenvalue weighted by molar-refractivity contribution is 0.102. The molecule has 0 bridgehead atoms. The van der Waals surface area contributed by atoms with Gasteiger partial charge >= 0.3 is 0 Å². The summed E-state index contributed by atoms with van der Waals surface area (Å²) < 4.78 is 5.24. The number of methoxy groups -OCH3 is 1. The molecular formula is C24H26N4O2. The summed E-state index contributed by atoms with van der Waals surface area (Å²) in [5.41, 5.74) is 4.39. The van der Waals surface area contributed by atoms with Gasteiger partial charge in [0.15, 0.2) is 0 Å². The Morgan fingerprint density at radius 2 is 1.73 bits per heavy atom. The van der Waals surface area contributed by atoms with Crippen LogP contribution in [0.15, 0.2) is 67.0 Å². The number of anilines is 2. The lowest BCUT2D eigenvalue weighted by atomic mass is 10.0. The number of rotatable bonds is 5. The lowest BCUT2D eigenvalue weighted by Gasteiger charge is -2.34. The zero-order valence-electron chi connectivity index (χ0n) is 17.3. The van der Waals surface area contributed by atoms with Crippen molar-refractivity contribution >= 4 is 17.3 Å². The fourth-order valence-corrected chi connectivity index (χ4v) is 3.55. The molecule has 2 heterocycles. The number of nitrogens with zero attached hydrogens (tertiary/aromatic N) is 3. The molecule has 1 fully saturated rings. The second kappa shape index (κ2) is 8.97. The fraction of sp³-hybridized carbons (Fsp3) is 0.250. The Balaban J connectivity index is 1.45. The first kappa shape index (κ1) is 19.9. The van der Waals surface area contributed by atoms with Gasteiger partial charge in [0.2, 0.25) is 0 Å². The number of benzene rings is 2. The van der Waals surface area contributed by atoms with E-state index in [4.69, 9.17) is 4.74 Å². The van der Waals surface area contributed by atoms with Crippen LogP contribution in [0.5, 0.6) is 5.75 Å². The maximum absolute atomic E-state index is 12.8. The first-order valence-electron chi connectivity index (χ1n) is 10.1. The van der Waals surface area contributed by atoms with Crippen LogP contribution in [-0.4, -0.2) is 56.1 Å². The highest BCUT2D eigenvalue weighted by molar-refractivity contribution is 6.05. The van der Waals surface area contributed by atoms with Gasteiger partial charge in [-0.2, -0.15) is 0 Å². The SMILES string of the molecule is COc1cncc(-c2cccc(C(=O)Nc3ccc(N4CCN(C)CC4)cc3)c2)c1. The van der Waals surface area contributed by atoms with Crippen molar-refractivity contribution < 1.29 is 9.53 Å². The monoisotopic (exact) mass is 402 g/mol. The first-order valence-corrected chi connectivity index (χ1v) is 10.1. The average Bonchev–Trinajstić information content (AvgIpc) is 2.80. The summed E-state index contributed by atoms with van der Waals surface area (Å²) in [5.74, 6) is 0.544. The molecule has 4 rings (SSSR count). The quantitative estimate of drug-likeness (QED) is 0.704. The minimum absolute atomic E-state index is 0.139. The van der Waals surface area contributed by atoms with Crippen LogP contribution >= 0.6 is 0 Å². The van der Waals surface area contributed by atoms with Crippen LogP contribution in [0.1, 0.15) is 10.4 Å². The Kier molecular flexibility index (Phi) is 5.95. The van der Waals surface area contributed by atoms with E-state index in [1.54, 1.807) is 19.5 Å². The number of likely N-dealkylation sites (N-methyl/N-ethyl adjacent to an activating group) is 1. The van der Waals surface area contributed by atoms with E-state index < -0.39 is 0 Å². The second-order valence-corrected chi connectivity index (χ2v) is 7.49. The van der Waals surface area contributed by atoms with Crippen molar-refractivity contribution in [1.29, 1.82) is 0 Å². The molecule has 1 amide bonds. The third-order valence-electron chi connectivity index (χ3n) is 5.40. The van der Waals surface area contributed by atoms with Gasteiger partial charge in [-0.05, 0) is 55.1 Å². The Morgan fingerprint density at radius 1 is 0.967 bits per heavy atom. The van der Waals surface area contributed by atoms with Crippen LogP contribution in [0.25, 0.3) is 11.1 Å². The van der Waals surface area contributed by atoms with Crippen LogP contribution in [0, 0.1) is 0 Å². The zero-order valence-corrected chi connectivity index (χ0v) is 17.3. The Morgan fingerprint density at radius 3 is 2.47 bits per heavy atom. The van der Waals surface area contributed by atoms with Crippen molar-refractivity contribution in [2.24, 2.45) is 0 Å². The number of piperazine rings is 1. The number of ether oxygens (including phenoxy) is 1. The van der Waals surface area contributed by atoms with Gasteiger partial charge < -0.3 is 19.9 Å². The highest BCUT2D eigenvalue weighted by atomic mass is 16.5. The third kappa shape index (κ3) is 4.60. The van der Waals surface area contributed by atoms with Gasteiger partial charge in [-0.25, -0.2) is 0 Å². The van der Waals surface area contributed by atoms with E-state index in [-0.39, 0.29) is 5.91 Å². The largest absolute Gasteiger partial charge is 0.495 e. The molecule has 1 saturated heterocycles. The fourth-order valence-electron chi connectivity index (χ4n) is 3.55. The summed E-state index contributed by atoms with van der Waals surface area (Å²) in [6.07, 6.45) is 3.42. The molecule has 154 valence electrons. The lowest BCUT2D eigenvalue weighted by Crippen LogP contribution is -2.44. The molecule has 1 aliphatic heterocycles. The molecule has 30 heavy (non-hydrogen) atoms. The molecule has 6 heteroatoms. The molecule has 6 nitrogen and oxygen atoms in total. The number of carbonyl (C=O) groups excluding carboxylic acids is 1. The van der Waals surface area contributed by atoms with E-state index in [9.17, 15) is 4.79 Å². The van der Waals surface area contributed by atoms with Crippen molar-refractivity contribution in [3.8, 4) is 16.9 Å². The topological polar surface area (TPSA) is 57.7 Å². The van der Waals surface area contributed by atoms with E-state index in [1.165, 1.54) is 5.69 Å². The molecule has 0 atom stereocenters. The van der Waals surface area contributed by atoms with Crippen molar-refractivity contribution in [1.82, 2.24) is 9.88 Å². The van der Waals surface area contributed by atoms with E-state index in [1.807, 2.05) is 42.5 Å². The summed E-state index contributed by atoms with van der Waals surface area (Å²) >= 11 is 0. The number of pyridine rings is 1. The molecule has 0 aliphatic carbocycles. The van der Waals surface area contributed by atoms with Gasteiger partial charge in [-0.3, -0.25) is 9.78 Å². The van der Waals surface area contributed by atoms with Crippen molar-refractivity contribution in [3.63, 3.8) is 0 Å². The predicted octanol–water partition coefficient (Wildman–Crippen LogP) is 3.76. The van der Waals surface area contributed by atoms with Crippen molar-refractivity contribution in [2.45, 2.75) is 0 Å². The smallest absolute Gasteiger partial charge is 0.255 e. The molecule has 0 saturated carbocycles. The van der Waals surface area contributed by atoms with Crippen molar-refractivity contribution in [2.75, 3.05) is 50.6 Å². The number of hydrogen-bond donors (Lipinski definition) is 1. The highest BCUT2D eigenvalue weighted by Gasteiger charge is 2.14. The highest BCUT2D eigenvalue weighted by Crippen LogP contribution is 2.24. The molecule has 0 spiro atoms. The summed E-state index contributed by atoms with van der Waals surface area (Å²) in [6, 6.07) is 17.5. The molecule has 2 aromatic carbocycles. The number of aromatic nitrogens is 1. The van der Waals surface area contributed by atoms with E-state index >= 15 is 0 Å². The van der Waals surface area contributed by atoms with Crippen LogP contribution in [0.2, 0.25) is 0 Å². The number of carbonyl (C=O) groups is 1. The Hall–Kier alpha value is -3.38.